The Morgan fingerprint density at radius 3 is 2.65 bits per heavy atom. The number of hydrogen-bond donors (Lipinski definition) is 2. The lowest BCUT2D eigenvalue weighted by Gasteiger charge is -2.15. The molecule has 0 bridgehead atoms. The predicted octanol–water partition coefficient (Wildman–Crippen LogP) is 2.74. The highest BCUT2D eigenvalue weighted by atomic mass is 19.4. The molecule has 0 aliphatic heterocycles. The van der Waals surface area contributed by atoms with Crippen LogP contribution in [0.15, 0.2) is 18.2 Å². The first-order valence-corrected chi connectivity index (χ1v) is 5.14. The Morgan fingerprint density at radius 1 is 1.35 bits per heavy atom. The Bertz CT molecular complexity index is 366. The van der Waals surface area contributed by atoms with Gasteiger partial charge in [0.15, 0.2) is 0 Å². The van der Waals surface area contributed by atoms with Gasteiger partial charge >= 0.3 is 6.18 Å². The number of anilines is 2. The van der Waals surface area contributed by atoms with Gasteiger partial charge in [0, 0.05) is 31.6 Å². The van der Waals surface area contributed by atoms with Gasteiger partial charge in [-0.1, -0.05) is 0 Å². The smallest absolute Gasteiger partial charge is 0.399 e. The zero-order valence-corrected chi connectivity index (χ0v) is 9.47. The third-order valence-corrected chi connectivity index (χ3v) is 2.19. The number of nitrogens with one attached hydrogen (secondary N) is 1. The zero-order valence-electron chi connectivity index (χ0n) is 9.47. The van der Waals surface area contributed by atoms with E-state index in [1.54, 1.807) is 7.11 Å². The molecule has 0 saturated heterocycles. The van der Waals surface area contributed by atoms with Gasteiger partial charge in [-0.3, -0.25) is 0 Å². The second kappa shape index (κ2) is 5.77. The lowest BCUT2D eigenvalue weighted by atomic mass is 10.1. The van der Waals surface area contributed by atoms with Crippen LogP contribution in [-0.4, -0.2) is 20.3 Å². The van der Waals surface area contributed by atoms with Crippen LogP contribution in [0, 0.1) is 0 Å². The molecule has 0 aliphatic rings. The molecule has 0 fully saturated rings. The van der Waals surface area contributed by atoms with Crippen molar-refractivity contribution in [3.05, 3.63) is 23.8 Å². The van der Waals surface area contributed by atoms with Crippen LogP contribution in [-0.2, 0) is 10.9 Å². The molecule has 1 aromatic rings. The van der Waals surface area contributed by atoms with Gasteiger partial charge in [0.05, 0.1) is 5.56 Å². The lowest BCUT2D eigenvalue weighted by molar-refractivity contribution is -0.136. The summed E-state index contributed by atoms with van der Waals surface area (Å²) in [5.74, 6) is 0. The minimum absolute atomic E-state index is 0.0443. The number of ether oxygens (including phenoxy) is 1. The predicted molar refractivity (Wildman–Crippen MR) is 60.8 cm³/mol. The van der Waals surface area contributed by atoms with Crippen LogP contribution in [0.2, 0.25) is 0 Å². The van der Waals surface area contributed by atoms with Crippen molar-refractivity contribution in [2.45, 2.75) is 12.6 Å². The second-order valence-electron chi connectivity index (χ2n) is 3.58. The monoisotopic (exact) mass is 248 g/mol. The summed E-state index contributed by atoms with van der Waals surface area (Å²) in [5.41, 5.74) is 4.75. The van der Waals surface area contributed by atoms with Gasteiger partial charge < -0.3 is 15.8 Å². The Labute approximate surface area is 97.8 Å². The van der Waals surface area contributed by atoms with E-state index in [-0.39, 0.29) is 11.4 Å². The summed E-state index contributed by atoms with van der Waals surface area (Å²) in [4.78, 5) is 0. The highest BCUT2D eigenvalue weighted by Crippen LogP contribution is 2.35. The van der Waals surface area contributed by atoms with Crippen molar-refractivity contribution in [3.63, 3.8) is 0 Å². The molecule has 0 amide bonds. The maximum Gasteiger partial charge on any atom is 0.418 e. The van der Waals surface area contributed by atoms with E-state index in [0.717, 1.165) is 6.07 Å². The van der Waals surface area contributed by atoms with E-state index in [1.807, 2.05) is 0 Å². The minimum atomic E-state index is -4.40. The molecule has 0 radical (unpaired) electrons. The quantitative estimate of drug-likeness (QED) is 0.622. The molecule has 1 rings (SSSR count). The highest BCUT2D eigenvalue weighted by molar-refractivity contribution is 5.59. The van der Waals surface area contributed by atoms with E-state index in [9.17, 15) is 13.2 Å². The minimum Gasteiger partial charge on any atom is -0.399 e. The molecule has 0 atom stereocenters. The molecule has 0 heterocycles. The Hall–Kier alpha value is -1.43. The number of nitrogen functional groups attached to an aromatic ring is 1. The second-order valence-corrected chi connectivity index (χ2v) is 3.58. The lowest BCUT2D eigenvalue weighted by Crippen LogP contribution is -2.13. The van der Waals surface area contributed by atoms with Crippen molar-refractivity contribution in [1.82, 2.24) is 0 Å². The average molecular weight is 248 g/mol. The van der Waals surface area contributed by atoms with Crippen LogP contribution >= 0.6 is 0 Å². The zero-order chi connectivity index (χ0) is 12.9. The summed E-state index contributed by atoms with van der Waals surface area (Å²) >= 11 is 0. The number of benzene rings is 1. The molecule has 3 N–H and O–H groups in total. The van der Waals surface area contributed by atoms with Crippen LogP contribution in [0.1, 0.15) is 12.0 Å². The van der Waals surface area contributed by atoms with Crippen molar-refractivity contribution < 1.29 is 17.9 Å². The maximum absolute atomic E-state index is 12.7. The largest absolute Gasteiger partial charge is 0.418 e. The summed E-state index contributed by atoms with van der Waals surface area (Å²) in [7, 11) is 1.55. The molecule has 6 heteroatoms. The number of hydrogen-bond acceptors (Lipinski definition) is 3. The van der Waals surface area contributed by atoms with Crippen molar-refractivity contribution in [2.75, 3.05) is 31.3 Å². The van der Waals surface area contributed by atoms with Gasteiger partial charge in [-0.15, -0.1) is 0 Å². The SMILES string of the molecule is COCCCNc1ccc(N)cc1C(F)(F)F. The first-order valence-electron chi connectivity index (χ1n) is 5.14. The molecule has 0 aromatic heterocycles. The van der Waals surface area contributed by atoms with Gasteiger partial charge in [0.2, 0.25) is 0 Å². The molecular weight excluding hydrogens is 233 g/mol. The molecule has 0 spiro atoms. The number of nitrogens with two attached hydrogens (primary N) is 1. The maximum atomic E-state index is 12.7. The molecular formula is C11H15F3N2O. The van der Waals surface area contributed by atoms with E-state index in [2.05, 4.69) is 5.32 Å². The van der Waals surface area contributed by atoms with Crippen molar-refractivity contribution >= 4 is 11.4 Å². The van der Waals surface area contributed by atoms with Crippen molar-refractivity contribution in [2.24, 2.45) is 0 Å². The molecule has 0 unspecified atom stereocenters. The fraction of sp³-hybridized carbons (Fsp3) is 0.455. The molecule has 17 heavy (non-hydrogen) atoms. The molecule has 1 aromatic carbocycles. The molecule has 96 valence electrons. The third-order valence-electron chi connectivity index (χ3n) is 2.19. The fourth-order valence-corrected chi connectivity index (χ4v) is 1.39. The molecule has 3 nitrogen and oxygen atoms in total. The first-order chi connectivity index (χ1) is 7.95. The number of alkyl halides is 3. The van der Waals surface area contributed by atoms with Gasteiger partial charge in [-0.05, 0) is 24.6 Å². The Kier molecular flexibility index (Phi) is 4.62. The first kappa shape index (κ1) is 13.6. The fourth-order valence-electron chi connectivity index (χ4n) is 1.39. The van der Waals surface area contributed by atoms with Gasteiger partial charge in [-0.2, -0.15) is 13.2 Å². The Balaban J connectivity index is 2.77. The average Bonchev–Trinajstić information content (AvgIpc) is 2.25. The summed E-state index contributed by atoms with van der Waals surface area (Å²) in [6, 6.07) is 3.71. The van der Waals surface area contributed by atoms with Crippen LogP contribution in [0.4, 0.5) is 24.5 Å². The standard InChI is InChI=1S/C11H15F3N2O/c1-17-6-2-5-16-10-4-3-8(15)7-9(10)11(12,13)14/h3-4,7,16H,2,5-6,15H2,1H3. The number of halogens is 3. The van der Waals surface area contributed by atoms with E-state index < -0.39 is 11.7 Å². The topological polar surface area (TPSA) is 47.3 Å². The van der Waals surface area contributed by atoms with E-state index >= 15 is 0 Å². The van der Waals surface area contributed by atoms with Crippen molar-refractivity contribution in [1.29, 1.82) is 0 Å². The molecule has 0 aliphatic carbocycles. The van der Waals surface area contributed by atoms with Gasteiger partial charge in [0.1, 0.15) is 0 Å². The number of methoxy groups -OCH3 is 1. The number of rotatable bonds is 5. The third kappa shape index (κ3) is 4.14. The summed E-state index contributed by atoms with van der Waals surface area (Å²) in [5, 5.41) is 2.73. The van der Waals surface area contributed by atoms with E-state index in [0.29, 0.717) is 19.6 Å². The normalized spacial score (nSPS) is 11.5. The van der Waals surface area contributed by atoms with Crippen LogP contribution < -0.4 is 11.1 Å². The van der Waals surface area contributed by atoms with E-state index in [1.165, 1.54) is 12.1 Å². The van der Waals surface area contributed by atoms with Gasteiger partial charge in [0.25, 0.3) is 0 Å². The van der Waals surface area contributed by atoms with Crippen LogP contribution in [0.5, 0.6) is 0 Å². The summed E-state index contributed by atoms with van der Waals surface area (Å²) < 4.78 is 42.9. The Morgan fingerprint density at radius 2 is 2.06 bits per heavy atom. The highest BCUT2D eigenvalue weighted by Gasteiger charge is 2.33. The van der Waals surface area contributed by atoms with Crippen molar-refractivity contribution in [3.8, 4) is 0 Å². The summed E-state index contributed by atoms with van der Waals surface area (Å²) in [6.45, 7) is 0.921. The van der Waals surface area contributed by atoms with Crippen LogP contribution in [0.3, 0.4) is 0 Å². The van der Waals surface area contributed by atoms with Gasteiger partial charge in [-0.25, -0.2) is 0 Å². The van der Waals surface area contributed by atoms with Crippen LogP contribution in [0.25, 0.3) is 0 Å². The molecule has 0 saturated carbocycles. The summed E-state index contributed by atoms with van der Waals surface area (Å²) in [6.07, 6.45) is -3.77. The van der Waals surface area contributed by atoms with E-state index in [4.69, 9.17) is 10.5 Å².